The standard InChI is InChI=1S/C16H15N3O5S2/c1-10(2)18-14-7-6-13(9-15(14)25-16(18)20)26(23,24)17-11-4-3-5-12(8-11)19(21)22/h3-10,17H,1-2H3. The highest BCUT2D eigenvalue weighted by atomic mass is 32.2. The maximum atomic E-state index is 12.6. The van der Waals surface area contributed by atoms with Gasteiger partial charge in [0, 0.05) is 18.2 Å². The Morgan fingerprint density at radius 2 is 1.92 bits per heavy atom. The van der Waals surface area contributed by atoms with Gasteiger partial charge in [0.15, 0.2) is 0 Å². The predicted octanol–water partition coefficient (Wildman–Crippen LogP) is 3.35. The Balaban J connectivity index is 2.01. The molecule has 0 saturated heterocycles. The molecular formula is C16H15N3O5S2. The molecule has 1 heterocycles. The highest BCUT2D eigenvalue weighted by Gasteiger charge is 2.18. The molecule has 3 aromatic rings. The molecule has 0 saturated carbocycles. The summed E-state index contributed by atoms with van der Waals surface area (Å²) < 4.78 is 29.7. The van der Waals surface area contributed by atoms with Gasteiger partial charge >= 0.3 is 4.87 Å². The highest BCUT2D eigenvalue weighted by molar-refractivity contribution is 7.92. The van der Waals surface area contributed by atoms with Crippen molar-refractivity contribution in [3.8, 4) is 0 Å². The number of nitrogens with zero attached hydrogens (tertiary/aromatic N) is 2. The number of non-ortho nitro benzene ring substituents is 1. The third-order valence-electron chi connectivity index (χ3n) is 3.72. The van der Waals surface area contributed by atoms with Gasteiger partial charge in [0.05, 0.1) is 25.7 Å². The van der Waals surface area contributed by atoms with Crippen LogP contribution in [0.1, 0.15) is 19.9 Å². The molecule has 1 aromatic heterocycles. The molecule has 26 heavy (non-hydrogen) atoms. The van der Waals surface area contributed by atoms with E-state index in [1.165, 1.54) is 30.3 Å². The Bertz CT molecular complexity index is 1160. The zero-order chi connectivity index (χ0) is 19.1. The van der Waals surface area contributed by atoms with Crippen molar-refractivity contribution in [2.75, 3.05) is 4.72 Å². The molecule has 0 radical (unpaired) electrons. The van der Waals surface area contributed by atoms with Gasteiger partial charge in [-0.1, -0.05) is 17.4 Å². The van der Waals surface area contributed by atoms with E-state index in [1.807, 2.05) is 13.8 Å². The average Bonchev–Trinajstić information content (AvgIpc) is 2.89. The molecule has 0 amide bonds. The SMILES string of the molecule is CC(C)n1c(=O)sc2cc(S(=O)(=O)Nc3cccc([N+](=O)[O-])c3)ccc21. The molecule has 0 aliphatic carbocycles. The molecular weight excluding hydrogens is 378 g/mol. The van der Waals surface area contributed by atoms with Crippen LogP contribution in [0.2, 0.25) is 0 Å². The minimum Gasteiger partial charge on any atom is -0.296 e. The summed E-state index contributed by atoms with van der Waals surface area (Å²) in [7, 11) is -3.95. The van der Waals surface area contributed by atoms with Crippen LogP contribution >= 0.6 is 11.3 Å². The zero-order valence-electron chi connectivity index (χ0n) is 13.9. The molecule has 2 aromatic carbocycles. The van der Waals surface area contributed by atoms with Gasteiger partial charge in [-0.2, -0.15) is 0 Å². The Morgan fingerprint density at radius 1 is 1.19 bits per heavy atom. The number of hydrogen-bond acceptors (Lipinski definition) is 6. The molecule has 0 bridgehead atoms. The fourth-order valence-corrected chi connectivity index (χ4v) is 4.77. The van der Waals surface area contributed by atoms with Crippen LogP contribution in [0.25, 0.3) is 10.2 Å². The van der Waals surface area contributed by atoms with E-state index in [-0.39, 0.29) is 27.2 Å². The van der Waals surface area contributed by atoms with Gasteiger partial charge < -0.3 is 0 Å². The van der Waals surface area contributed by atoms with Crippen LogP contribution in [0.3, 0.4) is 0 Å². The molecule has 0 fully saturated rings. The molecule has 8 nitrogen and oxygen atoms in total. The van der Waals surface area contributed by atoms with E-state index >= 15 is 0 Å². The Labute approximate surface area is 152 Å². The van der Waals surface area contributed by atoms with E-state index in [9.17, 15) is 23.3 Å². The Kier molecular flexibility index (Phi) is 4.55. The fraction of sp³-hybridized carbons (Fsp3) is 0.188. The smallest absolute Gasteiger partial charge is 0.296 e. The lowest BCUT2D eigenvalue weighted by Crippen LogP contribution is -2.15. The second-order valence-electron chi connectivity index (χ2n) is 5.87. The van der Waals surface area contributed by atoms with E-state index in [1.54, 1.807) is 10.6 Å². The number of nitro groups is 1. The average molecular weight is 393 g/mol. The number of anilines is 1. The van der Waals surface area contributed by atoms with E-state index in [0.717, 1.165) is 17.4 Å². The minimum absolute atomic E-state index is 0.0198. The quantitative estimate of drug-likeness (QED) is 0.528. The van der Waals surface area contributed by atoms with Crippen LogP contribution in [0.4, 0.5) is 11.4 Å². The fourth-order valence-electron chi connectivity index (χ4n) is 2.57. The van der Waals surface area contributed by atoms with Gasteiger partial charge in [0.2, 0.25) is 0 Å². The molecule has 136 valence electrons. The van der Waals surface area contributed by atoms with E-state index < -0.39 is 14.9 Å². The molecule has 10 heteroatoms. The third-order valence-corrected chi connectivity index (χ3v) is 6.02. The number of benzene rings is 2. The summed E-state index contributed by atoms with van der Waals surface area (Å²) in [6, 6.07) is 9.63. The summed E-state index contributed by atoms with van der Waals surface area (Å²) in [6.45, 7) is 3.75. The van der Waals surface area contributed by atoms with E-state index in [2.05, 4.69) is 4.72 Å². The van der Waals surface area contributed by atoms with Crippen molar-refractivity contribution in [1.29, 1.82) is 0 Å². The normalized spacial score (nSPS) is 11.8. The lowest BCUT2D eigenvalue weighted by molar-refractivity contribution is -0.384. The van der Waals surface area contributed by atoms with Gasteiger partial charge in [0.25, 0.3) is 15.7 Å². The van der Waals surface area contributed by atoms with Crippen molar-refractivity contribution in [2.45, 2.75) is 24.8 Å². The number of sulfonamides is 1. The van der Waals surface area contributed by atoms with Crippen molar-refractivity contribution in [3.63, 3.8) is 0 Å². The van der Waals surface area contributed by atoms with Crippen molar-refractivity contribution in [2.24, 2.45) is 0 Å². The lowest BCUT2D eigenvalue weighted by atomic mass is 10.3. The van der Waals surface area contributed by atoms with Crippen molar-refractivity contribution in [1.82, 2.24) is 4.57 Å². The van der Waals surface area contributed by atoms with Gasteiger partial charge in [-0.25, -0.2) is 8.42 Å². The minimum atomic E-state index is -3.95. The molecule has 0 spiro atoms. The molecule has 0 aliphatic rings. The number of rotatable bonds is 5. The summed E-state index contributed by atoms with van der Waals surface area (Å²) in [5.41, 5.74) is 0.546. The second kappa shape index (κ2) is 6.54. The highest BCUT2D eigenvalue weighted by Crippen LogP contribution is 2.26. The first-order chi connectivity index (χ1) is 12.2. The van der Waals surface area contributed by atoms with Crippen LogP contribution in [0.5, 0.6) is 0 Å². The number of fused-ring (bicyclic) bond motifs is 1. The van der Waals surface area contributed by atoms with Gasteiger partial charge in [0.1, 0.15) is 0 Å². The molecule has 0 atom stereocenters. The van der Waals surface area contributed by atoms with Gasteiger partial charge in [-0.05, 0) is 38.1 Å². The molecule has 0 unspecified atom stereocenters. The number of hydrogen-bond donors (Lipinski definition) is 1. The van der Waals surface area contributed by atoms with Crippen LogP contribution in [-0.4, -0.2) is 17.9 Å². The predicted molar refractivity (Wildman–Crippen MR) is 100 cm³/mol. The van der Waals surface area contributed by atoms with Crippen LogP contribution in [0, 0.1) is 10.1 Å². The number of nitro benzene ring substituents is 1. The van der Waals surface area contributed by atoms with Crippen molar-refractivity contribution in [3.05, 3.63) is 62.2 Å². The third kappa shape index (κ3) is 3.33. The lowest BCUT2D eigenvalue weighted by Gasteiger charge is -2.09. The molecule has 1 N–H and O–H groups in total. The van der Waals surface area contributed by atoms with Crippen molar-refractivity contribution < 1.29 is 13.3 Å². The Hall–Kier alpha value is -2.72. The number of thiazole rings is 1. The van der Waals surface area contributed by atoms with Crippen LogP contribution < -0.4 is 9.60 Å². The van der Waals surface area contributed by atoms with Crippen LogP contribution in [0.15, 0.2) is 52.2 Å². The number of aromatic nitrogens is 1. The summed E-state index contributed by atoms with van der Waals surface area (Å²) >= 11 is 0.976. The number of nitrogens with one attached hydrogen (secondary N) is 1. The summed E-state index contributed by atoms with van der Waals surface area (Å²) in [5, 5.41) is 10.8. The maximum absolute atomic E-state index is 12.6. The zero-order valence-corrected chi connectivity index (χ0v) is 15.5. The summed E-state index contributed by atoms with van der Waals surface area (Å²) in [6.07, 6.45) is 0. The van der Waals surface area contributed by atoms with Crippen molar-refractivity contribution >= 4 is 43.0 Å². The largest absolute Gasteiger partial charge is 0.308 e. The van der Waals surface area contributed by atoms with E-state index in [0.29, 0.717) is 10.2 Å². The second-order valence-corrected chi connectivity index (χ2v) is 8.55. The van der Waals surface area contributed by atoms with Crippen LogP contribution in [-0.2, 0) is 10.0 Å². The van der Waals surface area contributed by atoms with Gasteiger partial charge in [-0.15, -0.1) is 0 Å². The first kappa shape index (κ1) is 18.1. The molecule has 0 aliphatic heterocycles. The monoisotopic (exact) mass is 393 g/mol. The Morgan fingerprint density at radius 3 is 2.58 bits per heavy atom. The molecule has 3 rings (SSSR count). The summed E-state index contributed by atoms with van der Waals surface area (Å²) in [4.78, 5) is 22.1. The van der Waals surface area contributed by atoms with E-state index in [4.69, 9.17) is 0 Å². The first-order valence-electron chi connectivity index (χ1n) is 7.61. The van der Waals surface area contributed by atoms with Gasteiger partial charge in [-0.3, -0.25) is 24.2 Å². The summed E-state index contributed by atoms with van der Waals surface area (Å²) in [5.74, 6) is 0. The topological polar surface area (TPSA) is 111 Å². The maximum Gasteiger partial charge on any atom is 0.308 e. The first-order valence-corrected chi connectivity index (χ1v) is 9.91.